The number of pyridine rings is 1. The predicted molar refractivity (Wildman–Crippen MR) is 239 cm³/mol. The largest absolute Gasteiger partial charge is 0.308 e. The van der Waals surface area contributed by atoms with E-state index in [1.54, 1.807) is 0 Å². The molecule has 0 bridgehead atoms. The molecule has 0 saturated heterocycles. The van der Waals surface area contributed by atoms with Gasteiger partial charge in [0.05, 0.1) is 22.0 Å². The zero-order valence-corrected chi connectivity index (χ0v) is 32.5. The maximum Gasteiger partial charge on any atom is 0.164 e. The first kappa shape index (κ1) is 33.6. The van der Waals surface area contributed by atoms with Crippen molar-refractivity contribution in [2.24, 2.45) is 0 Å². The minimum Gasteiger partial charge on any atom is -0.308 e. The van der Waals surface area contributed by atoms with Gasteiger partial charge in [0.1, 0.15) is 0 Å². The first-order valence-corrected chi connectivity index (χ1v) is 20.5. The van der Waals surface area contributed by atoms with Crippen LogP contribution in [0.1, 0.15) is 41.2 Å². The van der Waals surface area contributed by atoms with Gasteiger partial charge in [0.15, 0.2) is 17.5 Å². The molecule has 3 aromatic heterocycles. The fourth-order valence-corrected chi connectivity index (χ4v) is 9.93. The Kier molecular flexibility index (Phi) is 7.42. The third kappa shape index (κ3) is 4.91. The molecule has 12 rings (SSSR count). The van der Waals surface area contributed by atoms with Gasteiger partial charge in [-0.25, -0.2) is 15.0 Å². The van der Waals surface area contributed by atoms with E-state index in [9.17, 15) is 0 Å². The molecule has 2 aliphatic rings. The standard InChI is InChI=1S/C54H37N5/c1-2-13-34-23-25-36(26-24-34)52-56-51(35-14-4-3-5-15-35)57-53(58-52)37-27-29-41-39-16-6-9-19-44(39)54(46(41)32-37)45-20-10-7-17-40(45)42-30-28-38(33-47(42)54)59-48-21-11-8-18-43(48)50-49(59)22-12-31-55-50/h3-12,14-33H,2,13H2,1H3. The highest BCUT2D eigenvalue weighted by Crippen LogP contribution is 2.63. The van der Waals surface area contributed by atoms with Crippen LogP contribution in [0.2, 0.25) is 0 Å². The van der Waals surface area contributed by atoms with Crippen LogP contribution in [0.4, 0.5) is 0 Å². The molecule has 1 unspecified atom stereocenters. The SMILES string of the molecule is CCCc1ccc(-c2nc(-c3ccccc3)nc(-c3ccc4c(c3)C3(c5ccccc5-4)c4ccccc4-c4ccc(-n5c6ccccc6c6ncccc65)cc43)n2)cc1. The lowest BCUT2D eigenvalue weighted by atomic mass is 9.70. The molecule has 278 valence electrons. The molecule has 1 spiro atoms. The molecule has 0 N–H and O–H groups in total. The van der Waals surface area contributed by atoms with Gasteiger partial charge in [-0.15, -0.1) is 0 Å². The van der Waals surface area contributed by atoms with E-state index in [1.807, 2.05) is 30.5 Å². The van der Waals surface area contributed by atoms with Gasteiger partial charge in [-0.2, -0.15) is 0 Å². The Morgan fingerprint density at radius 2 is 1.02 bits per heavy atom. The Labute approximate surface area is 342 Å². The van der Waals surface area contributed by atoms with Crippen LogP contribution in [0.25, 0.3) is 84.0 Å². The summed E-state index contributed by atoms with van der Waals surface area (Å²) >= 11 is 0. The van der Waals surface area contributed by atoms with Crippen molar-refractivity contribution in [2.45, 2.75) is 25.2 Å². The molecule has 3 heterocycles. The van der Waals surface area contributed by atoms with E-state index in [1.165, 1.54) is 50.1 Å². The Bertz CT molecular complexity index is 3220. The molecule has 0 amide bonds. The maximum atomic E-state index is 5.23. The average molecular weight is 756 g/mol. The highest BCUT2D eigenvalue weighted by Gasteiger charge is 2.52. The van der Waals surface area contributed by atoms with Gasteiger partial charge >= 0.3 is 0 Å². The normalized spacial score (nSPS) is 14.7. The molecule has 5 heteroatoms. The summed E-state index contributed by atoms with van der Waals surface area (Å²) in [5.74, 6) is 1.97. The van der Waals surface area contributed by atoms with Crippen LogP contribution in [-0.4, -0.2) is 24.5 Å². The Hall–Kier alpha value is -7.50. The van der Waals surface area contributed by atoms with Crippen LogP contribution < -0.4 is 0 Å². The van der Waals surface area contributed by atoms with Crippen molar-refractivity contribution in [2.75, 3.05) is 0 Å². The maximum absolute atomic E-state index is 5.23. The van der Waals surface area contributed by atoms with Crippen molar-refractivity contribution < 1.29 is 0 Å². The van der Waals surface area contributed by atoms with Crippen LogP contribution in [-0.2, 0) is 11.8 Å². The number of hydrogen-bond acceptors (Lipinski definition) is 4. The van der Waals surface area contributed by atoms with E-state index in [-0.39, 0.29) is 0 Å². The smallest absolute Gasteiger partial charge is 0.164 e. The van der Waals surface area contributed by atoms with E-state index in [4.69, 9.17) is 19.9 Å². The second-order valence-electron chi connectivity index (χ2n) is 15.7. The minimum atomic E-state index is -0.575. The molecule has 0 fully saturated rings. The molecular weight excluding hydrogens is 719 g/mol. The van der Waals surface area contributed by atoms with Gasteiger partial charge in [-0.05, 0) is 92.9 Å². The van der Waals surface area contributed by atoms with E-state index >= 15 is 0 Å². The highest BCUT2D eigenvalue weighted by molar-refractivity contribution is 6.07. The molecule has 0 aliphatic heterocycles. The van der Waals surface area contributed by atoms with Crippen LogP contribution in [0.3, 0.4) is 0 Å². The molecular formula is C54H37N5. The lowest BCUT2D eigenvalue weighted by Gasteiger charge is -2.31. The topological polar surface area (TPSA) is 56.5 Å². The molecule has 1 atom stereocenters. The minimum absolute atomic E-state index is 0.575. The zero-order valence-electron chi connectivity index (χ0n) is 32.5. The zero-order chi connectivity index (χ0) is 39.1. The summed E-state index contributed by atoms with van der Waals surface area (Å²) in [4.78, 5) is 20.3. The second kappa shape index (κ2) is 13.0. The van der Waals surface area contributed by atoms with Crippen LogP contribution >= 0.6 is 0 Å². The second-order valence-corrected chi connectivity index (χ2v) is 15.7. The number of hydrogen-bond donors (Lipinski definition) is 0. The Morgan fingerprint density at radius 3 is 1.75 bits per heavy atom. The molecule has 10 aromatic rings. The number of fused-ring (bicyclic) bond motifs is 13. The van der Waals surface area contributed by atoms with Crippen molar-refractivity contribution in [1.82, 2.24) is 24.5 Å². The first-order valence-electron chi connectivity index (χ1n) is 20.5. The fourth-order valence-electron chi connectivity index (χ4n) is 9.93. The highest BCUT2D eigenvalue weighted by atomic mass is 15.0. The van der Waals surface area contributed by atoms with E-state index in [0.29, 0.717) is 17.5 Å². The molecule has 5 nitrogen and oxygen atoms in total. The number of aryl methyl sites for hydroxylation is 1. The molecule has 2 aliphatic carbocycles. The summed E-state index contributed by atoms with van der Waals surface area (Å²) < 4.78 is 2.37. The monoisotopic (exact) mass is 755 g/mol. The third-order valence-electron chi connectivity index (χ3n) is 12.4. The lowest BCUT2D eigenvalue weighted by molar-refractivity contribution is 0.792. The van der Waals surface area contributed by atoms with Gasteiger partial charge in [0.2, 0.25) is 0 Å². The van der Waals surface area contributed by atoms with Gasteiger partial charge in [0.25, 0.3) is 0 Å². The van der Waals surface area contributed by atoms with Gasteiger partial charge < -0.3 is 4.57 Å². The van der Waals surface area contributed by atoms with Gasteiger partial charge in [-0.3, -0.25) is 4.98 Å². The van der Waals surface area contributed by atoms with Crippen LogP contribution in [0.5, 0.6) is 0 Å². The molecule has 0 saturated carbocycles. The van der Waals surface area contributed by atoms with Crippen molar-refractivity contribution >= 4 is 21.9 Å². The van der Waals surface area contributed by atoms with Crippen molar-refractivity contribution in [1.29, 1.82) is 0 Å². The third-order valence-corrected chi connectivity index (χ3v) is 12.4. The molecule has 59 heavy (non-hydrogen) atoms. The van der Waals surface area contributed by atoms with Gasteiger partial charge in [-0.1, -0.05) is 153 Å². The van der Waals surface area contributed by atoms with E-state index in [2.05, 4.69) is 163 Å². The number of para-hydroxylation sites is 1. The van der Waals surface area contributed by atoms with Crippen LogP contribution in [0, 0.1) is 0 Å². The number of rotatable bonds is 6. The summed E-state index contributed by atoms with van der Waals surface area (Å²) in [6.07, 6.45) is 4.03. The quantitative estimate of drug-likeness (QED) is 0.170. The number of benzene rings is 7. The summed E-state index contributed by atoms with van der Waals surface area (Å²) in [5.41, 5.74) is 18.0. The number of nitrogens with zero attached hydrogens (tertiary/aromatic N) is 5. The predicted octanol–water partition coefficient (Wildman–Crippen LogP) is 12.7. The number of aromatic nitrogens is 5. The van der Waals surface area contributed by atoms with Crippen LogP contribution in [0.15, 0.2) is 182 Å². The average Bonchev–Trinajstić information content (AvgIpc) is 3.91. The molecule has 7 aromatic carbocycles. The lowest BCUT2D eigenvalue weighted by Crippen LogP contribution is -2.26. The summed E-state index contributed by atoms with van der Waals surface area (Å²) in [7, 11) is 0. The summed E-state index contributed by atoms with van der Waals surface area (Å²) in [6.45, 7) is 2.21. The summed E-state index contributed by atoms with van der Waals surface area (Å²) in [5, 5.41) is 1.14. The van der Waals surface area contributed by atoms with E-state index < -0.39 is 5.41 Å². The van der Waals surface area contributed by atoms with Crippen molar-refractivity contribution in [3.63, 3.8) is 0 Å². The molecule has 0 radical (unpaired) electrons. The first-order chi connectivity index (χ1) is 29.2. The Morgan fingerprint density at radius 1 is 0.458 bits per heavy atom. The fraction of sp³-hybridized carbons (Fsp3) is 0.0741. The van der Waals surface area contributed by atoms with Crippen molar-refractivity contribution in [3.8, 4) is 62.1 Å². The van der Waals surface area contributed by atoms with Gasteiger partial charge in [0, 0.05) is 34.0 Å². The van der Waals surface area contributed by atoms with E-state index in [0.717, 1.165) is 57.2 Å². The Balaban J connectivity index is 1.11. The summed E-state index contributed by atoms with van der Waals surface area (Å²) in [6, 6.07) is 63.5. The van der Waals surface area contributed by atoms with Crippen molar-refractivity contribution in [3.05, 3.63) is 210 Å².